The van der Waals surface area contributed by atoms with Crippen LogP contribution in [0.4, 0.5) is 0 Å². The van der Waals surface area contributed by atoms with Gasteiger partial charge in [-0.1, -0.05) is 67.6 Å². The van der Waals surface area contributed by atoms with Crippen molar-refractivity contribution in [1.29, 1.82) is 0 Å². The molecule has 1 saturated carbocycles. The Bertz CT molecular complexity index is 991. The van der Waals surface area contributed by atoms with Gasteiger partial charge in [0.1, 0.15) is 12.4 Å². The summed E-state index contributed by atoms with van der Waals surface area (Å²) in [6.45, 7) is 1.63. The maximum atomic E-state index is 13.6. The first-order valence-corrected chi connectivity index (χ1v) is 13.4. The van der Waals surface area contributed by atoms with Crippen LogP contribution in [-0.2, 0) is 11.2 Å². The quantitative estimate of drug-likeness (QED) is 0.510. The van der Waals surface area contributed by atoms with Crippen molar-refractivity contribution in [3.8, 4) is 5.75 Å². The number of carbonyl (C=O) groups excluding carboxylic acids is 2. The molecule has 5 nitrogen and oxygen atoms in total. The summed E-state index contributed by atoms with van der Waals surface area (Å²) in [5.74, 6) is 1.33. The molecule has 0 unspecified atom stereocenters. The smallest absolute Gasteiger partial charge is 0.257 e. The molecule has 2 aliphatic rings. The van der Waals surface area contributed by atoms with Crippen molar-refractivity contribution in [2.24, 2.45) is 5.92 Å². The molecule has 1 fully saturated rings. The van der Waals surface area contributed by atoms with Gasteiger partial charge >= 0.3 is 0 Å². The van der Waals surface area contributed by atoms with Crippen molar-refractivity contribution in [2.45, 2.75) is 63.8 Å². The summed E-state index contributed by atoms with van der Waals surface area (Å²) in [7, 11) is 1.81. The number of benzene rings is 2. The Morgan fingerprint density at radius 2 is 1.77 bits per heavy atom. The number of carbonyl (C=O) groups is 2. The zero-order valence-corrected chi connectivity index (χ0v) is 21.5. The van der Waals surface area contributed by atoms with E-state index in [1.807, 2.05) is 25.2 Å². The minimum Gasteiger partial charge on any atom is -0.491 e. The Morgan fingerprint density at radius 1 is 1.03 bits per heavy atom. The summed E-state index contributed by atoms with van der Waals surface area (Å²) in [4.78, 5) is 30.4. The Hall–Kier alpha value is -2.53. The molecule has 0 saturated heterocycles. The normalized spacial score (nSPS) is 20.1. The van der Waals surface area contributed by atoms with Crippen LogP contribution in [0.1, 0.15) is 67.3 Å². The molecule has 1 heterocycles. The number of amides is 2. The van der Waals surface area contributed by atoms with Gasteiger partial charge in [0.15, 0.2) is 0 Å². The topological polar surface area (TPSA) is 49.9 Å². The van der Waals surface area contributed by atoms with E-state index in [0.29, 0.717) is 54.8 Å². The number of halogens is 1. The van der Waals surface area contributed by atoms with Crippen LogP contribution in [0.15, 0.2) is 48.5 Å². The number of fused-ring (bicyclic) bond motifs is 1. The van der Waals surface area contributed by atoms with E-state index in [4.69, 9.17) is 16.3 Å². The zero-order valence-electron chi connectivity index (χ0n) is 20.8. The average molecular weight is 497 g/mol. The molecule has 4 rings (SSSR count). The third-order valence-electron chi connectivity index (χ3n) is 7.41. The van der Waals surface area contributed by atoms with Gasteiger partial charge in [0.25, 0.3) is 5.91 Å². The van der Waals surface area contributed by atoms with Gasteiger partial charge in [-0.15, -0.1) is 0 Å². The van der Waals surface area contributed by atoms with Crippen LogP contribution >= 0.6 is 11.6 Å². The van der Waals surface area contributed by atoms with Gasteiger partial charge in [-0.2, -0.15) is 0 Å². The summed E-state index contributed by atoms with van der Waals surface area (Å²) < 4.78 is 6.28. The van der Waals surface area contributed by atoms with Gasteiger partial charge in [-0.05, 0) is 55.4 Å². The van der Waals surface area contributed by atoms with Gasteiger partial charge in [-0.3, -0.25) is 9.59 Å². The fourth-order valence-electron chi connectivity index (χ4n) is 5.35. The third-order valence-corrected chi connectivity index (χ3v) is 7.64. The lowest BCUT2D eigenvalue weighted by Gasteiger charge is -2.33. The standard InChI is InChI=1S/C29H37ClN2O3/c1-31-17-7-8-18-32(28(33)16-13-22-9-5-6-10-22)25(19-23-11-3-2-4-12-23)21-35-27-15-14-24(30)20-26(27)29(31)34/h2-4,11-12,14-15,20,22,25H,5-10,13,16-19,21H2,1H3/t25-/m1/s1. The third kappa shape index (κ3) is 7.00. The van der Waals surface area contributed by atoms with Gasteiger partial charge in [0.2, 0.25) is 5.91 Å². The maximum Gasteiger partial charge on any atom is 0.257 e. The van der Waals surface area contributed by atoms with Crippen LogP contribution in [0.2, 0.25) is 5.02 Å². The minimum absolute atomic E-state index is 0.0906. The highest BCUT2D eigenvalue weighted by Gasteiger charge is 2.27. The van der Waals surface area contributed by atoms with Crippen LogP contribution < -0.4 is 4.74 Å². The highest BCUT2D eigenvalue weighted by Crippen LogP contribution is 2.30. The molecule has 0 aromatic heterocycles. The number of nitrogens with zero attached hydrogens (tertiary/aromatic N) is 2. The van der Waals surface area contributed by atoms with Crippen LogP contribution in [0.5, 0.6) is 5.75 Å². The molecule has 0 radical (unpaired) electrons. The first kappa shape index (κ1) is 25.6. The van der Waals surface area contributed by atoms with E-state index >= 15 is 0 Å². The van der Waals surface area contributed by atoms with Crippen molar-refractivity contribution in [3.05, 3.63) is 64.7 Å². The Balaban J connectivity index is 1.59. The molecule has 0 spiro atoms. The fourth-order valence-corrected chi connectivity index (χ4v) is 5.52. The number of hydrogen-bond acceptors (Lipinski definition) is 3. The molecule has 1 atom stereocenters. The predicted molar refractivity (Wildman–Crippen MR) is 140 cm³/mol. The van der Waals surface area contributed by atoms with Crippen molar-refractivity contribution >= 4 is 23.4 Å². The van der Waals surface area contributed by atoms with Crippen molar-refractivity contribution in [3.63, 3.8) is 0 Å². The first-order valence-electron chi connectivity index (χ1n) is 13.0. The van der Waals surface area contributed by atoms with Gasteiger partial charge < -0.3 is 14.5 Å². The van der Waals surface area contributed by atoms with Crippen molar-refractivity contribution in [1.82, 2.24) is 9.80 Å². The van der Waals surface area contributed by atoms with E-state index in [1.165, 1.54) is 31.2 Å². The van der Waals surface area contributed by atoms with E-state index in [1.54, 1.807) is 23.1 Å². The SMILES string of the molecule is CN1CCCCN(C(=O)CCC2CCCC2)[C@H](Cc2ccccc2)COc2ccc(Cl)cc2C1=O. The van der Waals surface area contributed by atoms with E-state index in [9.17, 15) is 9.59 Å². The minimum atomic E-state index is -0.107. The second kappa shape index (κ2) is 12.4. The van der Waals surface area contributed by atoms with E-state index in [0.717, 1.165) is 19.3 Å². The second-order valence-corrected chi connectivity index (χ2v) is 10.4. The van der Waals surface area contributed by atoms with Crippen LogP contribution in [-0.4, -0.2) is 54.4 Å². The predicted octanol–water partition coefficient (Wildman–Crippen LogP) is 5.99. The van der Waals surface area contributed by atoms with Gasteiger partial charge in [0.05, 0.1) is 11.6 Å². The summed E-state index contributed by atoms with van der Waals surface area (Å²) in [5, 5.41) is 0.505. The Labute approximate surface area is 214 Å². The summed E-state index contributed by atoms with van der Waals surface area (Å²) >= 11 is 6.23. The second-order valence-electron chi connectivity index (χ2n) is 10.0. The maximum absolute atomic E-state index is 13.6. The van der Waals surface area contributed by atoms with Crippen molar-refractivity contribution < 1.29 is 14.3 Å². The number of hydrogen-bond donors (Lipinski definition) is 0. The van der Waals surface area contributed by atoms with Crippen LogP contribution in [0.25, 0.3) is 0 Å². The highest BCUT2D eigenvalue weighted by atomic mass is 35.5. The summed E-state index contributed by atoms with van der Waals surface area (Å²) in [5.41, 5.74) is 1.65. The summed E-state index contributed by atoms with van der Waals surface area (Å²) in [6.07, 6.45) is 9.07. The molecule has 2 amide bonds. The Morgan fingerprint density at radius 3 is 2.54 bits per heavy atom. The molecule has 6 heteroatoms. The summed E-state index contributed by atoms with van der Waals surface area (Å²) in [6, 6.07) is 15.4. The molecular weight excluding hydrogens is 460 g/mol. The van der Waals surface area contributed by atoms with Gasteiger partial charge in [-0.25, -0.2) is 0 Å². The van der Waals surface area contributed by atoms with Crippen molar-refractivity contribution in [2.75, 3.05) is 26.7 Å². The lowest BCUT2D eigenvalue weighted by Crippen LogP contribution is -2.46. The molecule has 188 valence electrons. The number of ether oxygens (including phenoxy) is 1. The molecule has 1 aliphatic heterocycles. The van der Waals surface area contributed by atoms with E-state index in [-0.39, 0.29) is 17.9 Å². The van der Waals surface area contributed by atoms with E-state index < -0.39 is 0 Å². The zero-order chi connectivity index (χ0) is 24.6. The van der Waals surface area contributed by atoms with Gasteiger partial charge in [0, 0.05) is 31.6 Å². The molecule has 1 aliphatic carbocycles. The molecule has 0 bridgehead atoms. The monoisotopic (exact) mass is 496 g/mol. The molecular formula is C29H37ClN2O3. The van der Waals surface area contributed by atoms with Crippen LogP contribution in [0.3, 0.4) is 0 Å². The molecule has 35 heavy (non-hydrogen) atoms. The Kier molecular flexibility index (Phi) is 9.08. The first-order chi connectivity index (χ1) is 17.0. The lowest BCUT2D eigenvalue weighted by atomic mass is 9.99. The average Bonchev–Trinajstić information content (AvgIpc) is 3.39. The molecule has 2 aromatic carbocycles. The van der Waals surface area contributed by atoms with E-state index in [2.05, 4.69) is 17.0 Å². The largest absolute Gasteiger partial charge is 0.491 e. The lowest BCUT2D eigenvalue weighted by molar-refractivity contribution is -0.134. The van der Waals surface area contributed by atoms with Crippen LogP contribution in [0, 0.1) is 5.92 Å². The molecule has 2 aromatic rings. The molecule has 0 N–H and O–H groups in total. The highest BCUT2D eigenvalue weighted by molar-refractivity contribution is 6.31. The fraction of sp³-hybridized carbons (Fsp3) is 0.517. The number of rotatable bonds is 5.